The van der Waals surface area contributed by atoms with Crippen LogP contribution in [0.25, 0.3) is 11.3 Å². The Labute approximate surface area is 228 Å². The predicted molar refractivity (Wildman–Crippen MR) is 138 cm³/mol. The second-order valence-corrected chi connectivity index (χ2v) is 9.60. The van der Waals surface area contributed by atoms with Crippen LogP contribution in [0.15, 0.2) is 54.6 Å². The van der Waals surface area contributed by atoms with Crippen molar-refractivity contribution in [2.45, 2.75) is 30.7 Å². The number of hydrogen-bond donors (Lipinski definition) is 4. The summed E-state index contributed by atoms with van der Waals surface area (Å²) < 4.78 is 67.3. The predicted octanol–water partition coefficient (Wildman–Crippen LogP) is 3.52. The molecule has 214 valence electrons. The number of amides is 1. The second-order valence-electron chi connectivity index (χ2n) is 9.60. The van der Waals surface area contributed by atoms with E-state index in [1.165, 1.54) is 62.6 Å². The molecule has 4 rings (SSSR count). The van der Waals surface area contributed by atoms with Crippen LogP contribution in [0.3, 0.4) is 0 Å². The largest absolute Gasteiger partial charge is 0.493 e. The molecule has 8 nitrogen and oxygen atoms in total. The molecule has 3 aromatic rings. The molecule has 2 unspecified atom stereocenters. The molecule has 12 heteroatoms. The van der Waals surface area contributed by atoms with Gasteiger partial charge in [0.2, 0.25) is 5.60 Å². The van der Waals surface area contributed by atoms with Crippen molar-refractivity contribution in [3.05, 3.63) is 77.2 Å². The summed E-state index contributed by atoms with van der Waals surface area (Å²) in [6.45, 7) is 1.33. The van der Waals surface area contributed by atoms with E-state index in [0.717, 1.165) is 0 Å². The standard InChI is InChI=1S/C28H29F4N3O5/c1-16(36)14-40-23-8-5-18(10-24(23)39-2)26(37)34-15-27(38,28(30,31)32)25-11-19(20-12-33-13-20)9-22(35-25)17-3-6-21(29)7-4-17/h3-11,16,20,33,36,38H,12-15H2,1-2H3,(H,34,37). The van der Waals surface area contributed by atoms with Gasteiger partial charge in [-0.15, -0.1) is 0 Å². The number of halogens is 4. The molecule has 0 radical (unpaired) electrons. The minimum Gasteiger partial charge on any atom is -0.493 e. The number of ether oxygens (including phenoxy) is 2. The number of rotatable bonds is 10. The zero-order chi connectivity index (χ0) is 29.1. The fraction of sp³-hybridized carbons (Fsp3) is 0.357. The number of nitrogens with zero attached hydrogens (tertiary/aromatic N) is 1. The summed E-state index contributed by atoms with van der Waals surface area (Å²) in [5.41, 5.74) is -3.24. The molecule has 1 saturated heterocycles. The molecule has 1 amide bonds. The van der Waals surface area contributed by atoms with E-state index in [-0.39, 0.29) is 35.3 Å². The highest BCUT2D eigenvalue weighted by molar-refractivity contribution is 5.95. The Bertz CT molecular complexity index is 1350. The lowest BCUT2D eigenvalue weighted by Gasteiger charge is -2.33. The van der Waals surface area contributed by atoms with Crippen molar-refractivity contribution in [2.24, 2.45) is 0 Å². The van der Waals surface area contributed by atoms with E-state index < -0.39 is 41.8 Å². The third kappa shape index (κ3) is 6.35. The van der Waals surface area contributed by atoms with Gasteiger partial charge in [-0.1, -0.05) is 0 Å². The number of carbonyl (C=O) groups excluding carboxylic acids is 1. The van der Waals surface area contributed by atoms with E-state index >= 15 is 0 Å². The van der Waals surface area contributed by atoms with Gasteiger partial charge < -0.3 is 30.3 Å². The van der Waals surface area contributed by atoms with Gasteiger partial charge in [-0.2, -0.15) is 13.2 Å². The van der Waals surface area contributed by atoms with Crippen molar-refractivity contribution in [1.82, 2.24) is 15.6 Å². The van der Waals surface area contributed by atoms with E-state index in [1.807, 2.05) is 0 Å². The number of carbonyl (C=O) groups is 1. The zero-order valence-corrected chi connectivity index (χ0v) is 21.8. The molecule has 1 aliphatic rings. The van der Waals surface area contributed by atoms with E-state index in [4.69, 9.17) is 9.47 Å². The van der Waals surface area contributed by atoms with Crippen LogP contribution in [0.2, 0.25) is 0 Å². The number of aliphatic hydroxyl groups is 2. The Balaban J connectivity index is 1.64. The molecule has 0 aliphatic carbocycles. The van der Waals surface area contributed by atoms with Crippen LogP contribution < -0.4 is 20.1 Å². The van der Waals surface area contributed by atoms with Gasteiger partial charge in [-0.25, -0.2) is 9.37 Å². The molecule has 2 heterocycles. The van der Waals surface area contributed by atoms with E-state index in [1.54, 1.807) is 6.07 Å². The average Bonchev–Trinajstić information content (AvgIpc) is 2.88. The molecule has 1 fully saturated rings. The first-order chi connectivity index (χ1) is 18.9. The minimum atomic E-state index is -5.21. The molecule has 0 spiro atoms. The summed E-state index contributed by atoms with van der Waals surface area (Å²) in [5, 5.41) is 25.7. The van der Waals surface area contributed by atoms with Crippen LogP contribution in [0.1, 0.15) is 34.5 Å². The first-order valence-corrected chi connectivity index (χ1v) is 12.5. The average molecular weight is 564 g/mol. The summed E-state index contributed by atoms with van der Waals surface area (Å²) in [5.74, 6) is -1.16. The topological polar surface area (TPSA) is 113 Å². The second kappa shape index (κ2) is 11.8. The van der Waals surface area contributed by atoms with Crippen molar-refractivity contribution in [2.75, 3.05) is 33.4 Å². The van der Waals surface area contributed by atoms with Gasteiger partial charge in [0, 0.05) is 30.1 Å². The molecule has 2 atom stereocenters. The van der Waals surface area contributed by atoms with Crippen LogP contribution >= 0.6 is 0 Å². The maximum Gasteiger partial charge on any atom is 0.424 e. The molecule has 1 aliphatic heterocycles. The van der Waals surface area contributed by atoms with Crippen LogP contribution in [0, 0.1) is 5.82 Å². The molecular formula is C28H29F4N3O5. The van der Waals surface area contributed by atoms with Crippen molar-refractivity contribution >= 4 is 5.91 Å². The Morgan fingerprint density at radius 3 is 2.40 bits per heavy atom. The van der Waals surface area contributed by atoms with Crippen molar-refractivity contribution in [3.8, 4) is 22.8 Å². The number of alkyl halides is 3. The highest BCUT2D eigenvalue weighted by Crippen LogP contribution is 2.40. The fourth-order valence-corrected chi connectivity index (χ4v) is 4.08. The third-order valence-electron chi connectivity index (χ3n) is 6.54. The number of methoxy groups -OCH3 is 1. The van der Waals surface area contributed by atoms with Crippen molar-refractivity contribution in [1.29, 1.82) is 0 Å². The van der Waals surface area contributed by atoms with Crippen LogP contribution in [-0.4, -0.2) is 66.7 Å². The fourth-order valence-electron chi connectivity index (χ4n) is 4.08. The van der Waals surface area contributed by atoms with Gasteiger partial charge in [0.25, 0.3) is 5.91 Å². The Kier molecular flexibility index (Phi) is 8.62. The van der Waals surface area contributed by atoms with Gasteiger partial charge in [-0.05, 0) is 67.1 Å². The van der Waals surface area contributed by atoms with Gasteiger partial charge >= 0.3 is 6.18 Å². The first-order valence-electron chi connectivity index (χ1n) is 12.5. The molecule has 2 aromatic carbocycles. The lowest BCUT2D eigenvalue weighted by Crippen LogP contribution is -2.51. The normalized spacial score (nSPS) is 16.0. The first kappa shape index (κ1) is 29.2. The highest BCUT2D eigenvalue weighted by atomic mass is 19.4. The molecule has 1 aromatic heterocycles. The smallest absolute Gasteiger partial charge is 0.424 e. The summed E-state index contributed by atoms with van der Waals surface area (Å²) in [4.78, 5) is 17.0. The van der Waals surface area contributed by atoms with E-state index in [0.29, 0.717) is 24.2 Å². The number of pyridine rings is 1. The lowest BCUT2D eigenvalue weighted by molar-refractivity contribution is -0.265. The summed E-state index contributed by atoms with van der Waals surface area (Å²) in [7, 11) is 1.32. The lowest BCUT2D eigenvalue weighted by atomic mass is 9.88. The Morgan fingerprint density at radius 1 is 1.12 bits per heavy atom. The maximum atomic E-state index is 14.4. The molecule has 40 heavy (non-hydrogen) atoms. The maximum absolute atomic E-state index is 14.4. The van der Waals surface area contributed by atoms with Gasteiger partial charge in [0.15, 0.2) is 11.5 Å². The third-order valence-corrected chi connectivity index (χ3v) is 6.54. The monoisotopic (exact) mass is 563 g/mol. The number of benzene rings is 2. The summed E-state index contributed by atoms with van der Waals surface area (Å²) in [6, 6.07) is 11.9. The van der Waals surface area contributed by atoms with E-state index in [9.17, 15) is 32.6 Å². The van der Waals surface area contributed by atoms with E-state index in [2.05, 4.69) is 15.6 Å². The van der Waals surface area contributed by atoms with Gasteiger partial charge in [0.05, 0.1) is 31.1 Å². The number of hydrogen-bond acceptors (Lipinski definition) is 7. The van der Waals surface area contributed by atoms with Crippen molar-refractivity contribution < 1.29 is 42.0 Å². The van der Waals surface area contributed by atoms with Crippen molar-refractivity contribution in [3.63, 3.8) is 0 Å². The number of nitrogens with one attached hydrogen (secondary N) is 2. The van der Waals surface area contributed by atoms with Crippen LogP contribution in [0.5, 0.6) is 11.5 Å². The highest BCUT2D eigenvalue weighted by Gasteiger charge is 2.56. The summed E-state index contributed by atoms with van der Waals surface area (Å²) >= 11 is 0. The molecule has 0 bridgehead atoms. The number of aromatic nitrogens is 1. The SMILES string of the molecule is COc1cc(C(=O)NCC(O)(c2cc(C3CNC3)cc(-c3ccc(F)cc3)n2)C(F)(F)F)ccc1OCC(C)O. The quantitative estimate of drug-likeness (QED) is 0.279. The minimum absolute atomic E-state index is 0.0383. The zero-order valence-electron chi connectivity index (χ0n) is 21.8. The van der Waals surface area contributed by atoms with Gasteiger partial charge in [-0.3, -0.25) is 4.79 Å². The summed E-state index contributed by atoms with van der Waals surface area (Å²) in [6.07, 6.45) is -5.97. The molecular weight excluding hydrogens is 534 g/mol. The van der Waals surface area contributed by atoms with Crippen LogP contribution in [-0.2, 0) is 5.60 Å². The van der Waals surface area contributed by atoms with Crippen LogP contribution in [0.4, 0.5) is 17.6 Å². The number of aliphatic hydroxyl groups excluding tert-OH is 1. The Morgan fingerprint density at radius 2 is 1.82 bits per heavy atom. The van der Waals surface area contributed by atoms with Gasteiger partial charge in [0.1, 0.15) is 12.4 Å². The molecule has 4 N–H and O–H groups in total. The Hall–Kier alpha value is -3.74. The molecule has 0 saturated carbocycles.